The molecule has 8 aromatic rings. The summed E-state index contributed by atoms with van der Waals surface area (Å²) in [7, 11) is 0. The average molecular weight is 569 g/mol. The lowest BCUT2D eigenvalue weighted by Gasteiger charge is -2.52. The maximum absolute atomic E-state index is 6.84. The van der Waals surface area contributed by atoms with Gasteiger partial charge in [0.25, 0.3) is 0 Å². The SMILES string of the molecule is Cc1ccccc1[C@H]1[C@@H](c2cc3c(ccc4ccccc43)o2)[C@H](c2cc3c(ccc4ccccc43)o2)[C@@H]1c1ccccc1C. The van der Waals surface area contributed by atoms with Crippen molar-refractivity contribution in [3.63, 3.8) is 0 Å². The Kier molecular flexibility index (Phi) is 5.62. The molecule has 0 amide bonds. The van der Waals surface area contributed by atoms with E-state index in [0.29, 0.717) is 0 Å². The van der Waals surface area contributed by atoms with Crippen LogP contribution in [0.3, 0.4) is 0 Å². The molecular weight excluding hydrogens is 536 g/mol. The summed E-state index contributed by atoms with van der Waals surface area (Å²) < 4.78 is 13.7. The zero-order chi connectivity index (χ0) is 29.4. The minimum atomic E-state index is 0.110. The van der Waals surface area contributed by atoms with Gasteiger partial charge in [-0.3, -0.25) is 0 Å². The smallest absolute Gasteiger partial charge is 0.134 e. The predicted molar refractivity (Wildman–Crippen MR) is 181 cm³/mol. The van der Waals surface area contributed by atoms with E-state index in [2.05, 4.69) is 147 Å². The van der Waals surface area contributed by atoms with E-state index in [1.54, 1.807) is 0 Å². The van der Waals surface area contributed by atoms with Gasteiger partial charge in [0.15, 0.2) is 0 Å². The second-order valence-corrected chi connectivity index (χ2v) is 12.5. The molecule has 1 aliphatic rings. The maximum Gasteiger partial charge on any atom is 0.134 e. The number of fused-ring (bicyclic) bond motifs is 6. The van der Waals surface area contributed by atoms with Crippen LogP contribution in [0.25, 0.3) is 43.5 Å². The van der Waals surface area contributed by atoms with E-state index in [1.807, 2.05) is 0 Å². The Morgan fingerprint density at radius 2 is 0.795 bits per heavy atom. The molecule has 6 aromatic carbocycles. The lowest BCUT2D eigenvalue weighted by atomic mass is 9.50. The fourth-order valence-electron chi connectivity index (χ4n) is 8.10. The Morgan fingerprint density at radius 3 is 1.25 bits per heavy atom. The molecule has 0 saturated heterocycles. The van der Waals surface area contributed by atoms with Gasteiger partial charge in [-0.05, 0) is 81.9 Å². The highest BCUT2D eigenvalue weighted by Gasteiger charge is 2.56. The molecule has 2 heteroatoms. The summed E-state index contributed by atoms with van der Waals surface area (Å²) in [5, 5.41) is 7.28. The first-order valence-electron chi connectivity index (χ1n) is 15.6. The quantitative estimate of drug-likeness (QED) is 0.211. The van der Waals surface area contributed by atoms with Crippen molar-refractivity contribution >= 4 is 43.5 Å². The zero-order valence-corrected chi connectivity index (χ0v) is 24.8. The first-order chi connectivity index (χ1) is 21.7. The monoisotopic (exact) mass is 568 g/mol. The van der Waals surface area contributed by atoms with Crippen LogP contribution in [0.1, 0.15) is 57.4 Å². The lowest BCUT2D eigenvalue weighted by molar-refractivity contribution is 0.180. The van der Waals surface area contributed by atoms with Gasteiger partial charge in [0.1, 0.15) is 22.7 Å². The van der Waals surface area contributed by atoms with Crippen LogP contribution in [0.5, 0.6) is 0 Å². The average Bonchev–Trinajstić information content (AvgIpc) is 3.67. The molecule has 2 heterocycles. The molecule has 1 aliphatic carbocycles. The molecule has 1 saturated carbocycles. The second-order valence-electron chi connectivity index (χ2n) is 12.5. The van der Waals surface area contributed by atoms with Crippen molar-refractivity contribution in [3.8, 4) is 0 Å². The van der Waals surface area contributed by atoms with E-state index >= 15 is 0 Å². The number of benzene rings is 6. The van der Waals surface area contributed by atoms with Gasteiger partial charge in [-0.2, -0.15) is 0 Å². The van der Waals surface area contributed by atoms with Gasteiger partial charge in [-0.1, -0.05) is 109 Å². The van der Waals surface area contributed by atoms with Crippen LogP contribution in [0.4, 0.5) is 0 Å². The number of aryl methyl sites for hydroxylation is 2. The molecular formula is C42H32O2. The molecule has 0 bridgehead atoms. The predicted octanol–water partition coefficient (Wildman–Crippen LogP) is 11.6. The summed E-state index contributed by atoms with van der Waals surface area (Å²) in [6, 6.07) is 48.2. The summed E-state index contributed by atoms with van der Waals surface area (Å²) in [5.74, 6) is 2.75. The van der Waals surface area contributed by atoms with Gasteiger partial charge in [-0.15, -0.1) is 0 Å². The molecule has 9 rings (SSSR count). The van der Waals surface area contributed by atoms with E-state index < -0.39 is 0 Å². The standard InChI is InChI=1S/C42H32O2/c1-25-11-3-7-15-29(25)39-40(30-16-8-4-12-26(30)2)42(38-24-34-32-18-10-6-14-28(32)20-22-36(34)44-38)41(39)37-23-33-31-17-9-5-13-27(31)19-21-35(33)43-37/h3-24,39-42H,1-2H3/t39-,40-,41-,42-/m1/s1. The summed E-state index contributed by atoms with van der Waals surface area (Å²) in [6.07, 6.45) is 0. The Balaban J connectivity index is 1.30. The number of rotatable bonds is 4. The molecule has 0 unspecified atom stereocenters. The van der Waals surface area contributed by atoms with Gasteiger partial charge >= 0.3 is 0 Å². The summed E-state index contributed by atoms with van der Waals surface area (Å²) >= 11 is 0. The number of hydrogen-bond donors (Lipinski definition) is 0. The molecule has 0 radical (unpaired) electrons. The van der Waals surface area contributed by atoms with Crippen LogP contribution in [0.15, 0.2) is 142 Å². The minimum absolute atomic E-state index is 0.110. The van der Waals surface area contributed by atoms with Crippen LogP contribution in [-0.4, -0.2) is 0 Å². The first kappa shape index (κ1) is 25.4. The molecule has 212 valence electrons. The molecule has 0 N–H and O–H groups in total. The van der Waals surface area contributed by atoms with Crippen LogP contribution in [-0.2, 0) is 0 Å². The van der Waals surface area contributed by atoms with E-state index in [0.717, 1.165) is 22.7 Å². The Hall–Kier alpha value is -5.08. The third-order valence-corrected chi connectivity index (χ3v) is 10.2. The van der Waals surface area contributed by atoms with Crippen molar-refractivity contribution in [1.82, 2.24) is 0 Å². The van der Waals surface area contributed by atoms with Crippen molar-refractivity contribution in [1.29, 1.82) is 0 Å². The van der Waals surface area contributed by atoms with Gasteiger partial charge < -0.3 is 8.83 Å². The van der Waals surface area contributed by atoms with E-state index in [4.69, 9.17) is 8.83 Å². The summed E-state index contributed by atoms with van der Waals surface area (Å²) in [4.78, 5) is 0. The highest BCUT2D eigenvalue weighted by Crippen LogP contribution is 2.68. The van der Waals surface area contributed by atoms with Crippen LogP contribution in [0.2, 0.25) is 0 Å². The highest BCUT2D eigenvalue weighted by molar-refractivity contribution is 6.07. The van der Waals surface area contributed by atoms with E-state index in [1.165, 1.54) is 54.6 Å². The fourth-order valence-corrected chi connectivity index (χ4v) is 8.10. The Morgan fingerprint density at radius 1 is 0.386 bits per heavy atom. The lowest BCUT2D eigenvalue weighted by Crippen LogP contribution is -2.40. The molecule has 1 fully saturated rings. The molecule has 4 atom stereocenters. The third-order valence-electron chi connectivity index (χ3n) is 10.2. The van der Waals surface area contributed by atoms with Crippen LogP contribution in [0, 0.1) is 13.8 Å². The number of furan rings is 2. The fraction of sp³-hybridized carbons (Fsp3) is 0.143. The van der Waals surface area contributed by atoms with Gasteiger partial charge in [-0.25, -0.2) is 0 Å². The van der Waals surface area contributed by atoms with E-state index in [-0.39, 0.29) is 23.7 Å². The van der Waals surface area contributed by atoms with E-state index in [9.17, 15) is 0 Å². The third kappa shape index (κ3) is 3.74. The number of hydrogen-bond acceptors (Lipinski definition) is 2. The molecule has 2 aromatic heterocycles. The van der Waals surface area contributed by atoms with Gasteiger partial charge in [0.2, 0.25) is 0 Å². The first-order valence-corrected chi connectivity index (χ1v) is 15.6. The van der Waals surface area contributed by atoms with Gasteiger partial charge in [0.05, 0.1) is 0 Å². The second kappa shape index (κ2) is 9.72. The normalized spacial score (nSPS) is 20.0. The minimum Gasteiger partial charge on any atom is -0.461 e. The Labute approximate surface area is 256 Å². The van der Waals surface area contributed by atoms with Crippen molar-refractivity contribution in [3.05, 3.63) is 167 Å². The topological polar surface area (TPSA) is 26.3 Å². The maximum atomic E-state index is 6.84. The van der Waals surface area contributed by atoms with Crippen molar-refractivity contribution < 1.29 is 8.83 Å². The molecule has 44 heavy (non-hydrogen) atoms. The van der Waals surface area contributed by atoms with Crippen molar-refractivity contribution in [2.75, 3.05) is 0 Å². The summed E-state index contributed by atoms with van der Waals surface area (Å²) in [6.45, 7) is 4.49. The van der Waals surface area contributed by atoms with Crippen molar-refractivity contribution in [2.24, 2.45) is 0 Å². The molecule has 0 aliphatic heterocycles. The Bertz CT molecular complexity index is 2180. The van der Waals surface area contributed by atoms with Gasteiger partial charge in [0, 0.05) is 34.4 Å². The summed E-state index contributed by atoms with van der Waals surface area (Å²) in [5.41, 5.74) is 7.28. The molecule has 0 spiro atoms. The highest BCUT2D eigenvalue weighted by atomic mass is 16.3. The molecule has 2 nitrogen and oxygen atoms in total. The van der Waals surface area contributed by atoms with Crippen LogP contribution >= 0.6 is 0 Å². The zero-order valence-electron chi connectivity index (χ0n) is 24.8. The van der Waals surface area contributed by atoms with Crippen molar-refractivity contribution in [2.45, 2.75) is 37.5 Å². The largest absolute Gasteiger partial charge is 0.461 e. The van der Waals surface area contributed by atoms with Crippen LogP contribution < -0.4 is 0 Å².